The fraction of sp³-hybridized carbons (Fsp3) is 0.0833. The topological polar surface area (TPSA) is 74.9 Å². The van der Waals surface area contributed by atoms with E-state index in [1.807, 2.05) is 23.6 Å². The second-order valence-corrected chi connectivity index (χ2v) is 5.61. The summed E-state index contributed by atoms with van der Waals surface area (Å²) >= 11 is 4.89. The fourth-order valence-corrected chi connectivity index (χ4v) is 3.07. The summed E-state index contributed by atoms with van der Waals surface area (Å²) in [6.45, 7) is -0.0616. The van der Waals surface area contributed by atoms with Crippen LogP contribution in [-0.2, 0) is 6.61 Å². The first kappa shape index (κ1) is 11.7. The Bertz CT molecular complexity index is 719. The molecule has 0 aliphatic heterocycles. The van der Waals surface area contributed by atoms with Crippen LogP contribution in [-0.4, -0.2) is 15.1 Å². The molecule has 0 amide bonds. The molecule has 18 heavy (non-hydrogen) atoms. The van der Waals surface area contributed by atoms with Crippen molar-refractivity contribution in [3.8, 4) is 11.3 Å². The molecule has 0 spiro atoms. The smallest absolute Gasteiger partial charge is 0.180 e. The van der Waals surface area contributed by atoms with Gasteiger partial charge < -0.3 is 15.8 Å². The van der Waals surface area contributed by atoms with E-state index in [1.54, 1.807) is 0 Å². The van der Waals surface area contributed by atoms with Gasteiger partial charge >= 0.3 is 0 Å². The fourth-order valence-electron chi connectivity index (χ4n) is 2.05. The van der Waals surface area contributed by atoms with Crippen molar-refractivity contribution >= 4 is 43.3 Å². The summed E-state index contributed by atoms with van der Waals surface area (Å²) in [5.74, 6) is 0. The SMILES string of the molecule is Nc1nc(-c2c(CO)[nH]c3c(Br)cccc23)cs1. The van der Waals surface area contributed by atoms with Gasteiger partial charge in [0, 0.05) is 20.8 Å². The summed E-state index contributed by atoms with van der Waals surface area (Å²) in [5.41, 5.74) is 9.10. The number of para-hydroxylation sites is 1. The Kier molecular flexibility index (Phi) is 2.85. The van der Waals surface area contributed by atoms with E-state index >= 15 is 0 Å². The van der Waals surface area contributed by atoms with Crippen LogP contribution in [0.15, 0.2) is 28.1 Å². The van der Waals surface area contributed by atoms with Gasteiger partial charge in [-0.25, -0.2) is 4.98 Å². The average Bonchev–Trinajstić information content (AvgIpc) is 2.93. The Morgan fingerprint density at radius 1 is 1.44 bits per heavy atom. The molecule has 4 N–H and O–H groups in total. The molecular formula is C12H10BrN3OS. The van der Waals surface area contributed by atoms with Crippen LogP contribution in [0.25, 0.3) is 22.2 Å². The van der Waals surface area contributed by atoms with Crippen molar-refractivity contribution in [1.82, 2.24) is 9.97 Å². The molecule has 0 unspecified atom stereocenters. The van der Waals surface area contributed by atoms with Gasteiger partial charge in [0.2, 0.25) is 0 Å². The van der Waals surface area contributed by atoms with E-state index in [0.717, 1.165) is 32.3 Å². The number of hydrogen-bond donors (Lipinski definition) is 3. The van der Waals surface area contributed by atoms with Crippen molar-refractivity contribution in [2.24, 2.45) is 0 Å². The molecule has 1 aromatic carbocycles. The highest BCUT2D eigenvalue weighted by Gasteiger charge is 2.16. The number of thiazole rings is 1. The lowest BCUT2D eigenvalue weighted by Gasteiger charge is -1.98. The number of anilines is 1. The van der Waals surface area contributed by atoms with Crippen LogP contribution in [0.2, 0.25) is 0 Å². The molecule has 4 nitrogen and oxygen atoms in total. The molecule has 0 fully saturated rings. The standard InChI is InChI=1S/C12H10BrN3OS/c13-7-3-1-2-6-10(8(4-17)15-11(6)7)9-5-18-12(14)16-9/h1-3,5,15,17H,4H2,(H2,14,16). The summed E-state index contributed by atoms with van der Waals surface area (Å²) < 4.78 is 0.962. The van der Waals surface area contributed by atoms with E-state index in [9.17, 15) is 5.11 Å². The molecule has 2 heterocycles. The van der Waals surface area contributed by atoms with E-state index in [0.29, 0.717) is 5.13 Å². The summed E-state index contributed by atoms with van der Waals surface area (Å²) in [6, 6.07) is 5.92. The molecule has 0 saturated heterocycles. The van der Waals surface area contributed by atoms with E-state index < -0.39 is 0 Å². The van der Waals surface area contributed by atoms with Gasteiger partial charge in [-0.05, 0) is 22.0 Å². The second kappa shape index (κ2) is 4.38. The van der Waals surface area contributed by atoms with Crippen LogP contribution in [0.1, 0.15) is 5.69 Å². The van der Waals surface area contributed by atoms with Crippen molar-refractivity contribution in [3.63, 3.8) is 0 Å². The largest absolute Gasteiger partial charge is 0.390 e. The molecule has 3 aromatic rings. The highest BCUT2D eigenvalue weighted by Crippen LogP contribution is 2.36. The molecule has 3 rings (SSSR count). The molecule has 0 radical (unpaired) electrons. The molecule has 0 bridgehead atoms. The number of fused-ring (bicyclic) bond motifs is 1. The van der Waals surface area contributed by atoms with Crippen LogP contribution in [0.3, 0.4) is 0 Å². The second-order valence-electron chi connectivity index (χ2n) is 3.87. The van der Waals surface area contributed by atoms with E-state index in [4.69, 9.17) is 5.73 Å². The van der Waals surface area contributed by atoms with Gasteiger partial charge in [0.25, 0.3) is 0 Å². The predicted molar refractivity (Wildman–Crippen MR) is 77.4 cm³/mol. The molecule has 2 aromatic heterocycles. The number of rotatable bonds is 2. The first-order valence-electron chi connectivity index (χ1n) is 5.32. The zero-order valence-electron chi connectivity index (χ0n) is 9.27. The molecule has 0 saturated carbocycles. The number of nitrogens with two attached hydrogens (primary N) is 1. The molecule has 6 heteroatoms. The van der Waals surface area contributed by atoms with Gasteiger partial charge in [-0.1, -0.05) is 12.1 Å². The molecular weight excluding hydrogens is 314 g/mol. The van der Waals surface area contributed by atoms with Gasteiger partial charge in [0.15, 0.2) is 5.13 Å². The first-order chi connectivity index (χ1) is 8.70. The third kappa shape index (κ3) is 1.73. The number of aliphatic hydroxyl groups is 1. The van der Waals surface area contributed by atoms with Gasteiger partial charge in [0.05, 0.1) is 23.5 Å². The zero-order valence-corrected chi connectivity index (χ0v) is 11.7. The van der Waals surface area contributed by atoms with Crippen molar-refractivity contribution in [1.29, 1.82) is 0 Å². The van der Waals surface area contributed by atoms with Gasteiger partial charge in [0.1, 0.15) is 0 Å². The van der Waals surface area contributed by atoms with Crippen LogP contribution in [0.5, 0.6) is 0 Å². The maximum atomic E-state index is 9.48. The number of aliphatic hydroxyl groups excluding tert-OH is 1. The maximum Gasteiger partial charge on any atom is 0.180 e. The average molecular weight is 324 g/mol. The van der Waals surface area contributed by atoms with Crippen LogP contribution >= 0.6 is 27.3 Å². The quantitative estimate of drug-likeness (QED) is 0.678. The number of H-pyrrole nitrogens is 1. The Morgan fingerprint density at radius 3 is 2.94 bits per heavy atom. The van der Waals surface area contributed by atoms with Gasteiger partial charge in [-0.3, -0.25) is 0 Å². The number of aromatic nitrogens is 2. The number of nitrogens with zero attached hydrogens (tertiary/aromatic N) is 1. The van der Waals surface area contributed by atoms with Crippen molar-refractivity contribution in [3.05, 3.63) is 33.7 Å². The van der Waals surface area contributed by atoms with Gasteiger partial charge in [-0.2, -0.15) is 0 Å². The lowest BCUT2D eigenvalue weighted by Crippen LogP contribution is -1.88. The Hall–Kier alpha value is -1.37. The van der Waals surface area contributed by atoms with Crippen molar-refractivity contribution in [2.45, 2.75) is 6.61 Å². The Balaban J connectivity index is 2.36. The third-order valence-corrected chi connectivity index (χ3v) is 4.13. The van der Waals surface area contributed by atoms with E-state index in [2.05, 4.69) is 25.9 Å². The lowest BCUT2D eigenvalue weighted by atomic mass is 10.1. The summed E-state index contributed by atoms with van der Waals surface area (Å²) in [5, 5.41) is 12.9. The summed E-state index contributed by atoms with van der Waals surface area (Å²) in [4.78, 5) is 7.51. The highest BCUT2D eigenvalue weighted by molar-refractivity contribution is 9.10. The maximum absolute atomic E-state index is 9.48. The zero-order chi connectivity index (χ0) is 12.7. The molecule has 0 aliphatic rings. The van der Waals surface area contributed by atoms with E-state index in [-0.39, 0.29) is 6.61 Å². The van der Waals surface area contributed by atoms with Gasteiger partial charge in [-0.15, -0.1) is 11.3 Å². The monoisotopic (exact) mass is 323 g/mol. The number of nitrogen functional groups attached to an aromatic ring is 1. The molecule has 0 aliphatic carbocycles. The third-order valence-electron chi connectivity index (χ3n) is 2.80. The minimum atomic E-state index is -0.0616. The summed E-state index contributed by atoms with van der Waals surface area (Å²) in [7, 11) is 0. The number of nitrogens with one attached hydrogen (secondary N) is 1. The van der Waals surface area contributed by atoms with Crippen LogP contribution < -0.4 is 5.73 Å². The van der Waals surface area contributed by atoms with Crippen molar-refractivity contribution < 1.29 is 5.11 Å². The number of aromatic amines is 1. The Labute approximate surface area is 116 Å². The Morgan fingerprint density at radius 2 is 2.28 bits per heavy atom. The predicted octanol–water partition coefficient (Wildman–Crippen LogP) is 3.13. The normalized spacial score (nSPS) is 11.2. The van der Waals surface area contributed by atoms with Crippen LogP contribution in [0, 0.1) is 0 Å². The number of benzene rings is 1. The highest BCUT2D eigenvalue weighted by atomic mass is 79.9. The minimum absolute atomic E-state index is 0.0616. The summed E-state index contributed by atoms with van der Waals surface area (Å²) in [6.07, 6.45) is 0. The molecule has 0 atom stereocenters. The lowest BCUT2D eigenvalue weighted by molar-refractivity contribution is 0.278. The molecule has 92 valence electrons. The number of hydrogen-bond acceptors (Lipinski definition) is 4. The number of halogens is 1. The minimum Gasteiger partial charge on any atom is -0.390 e. The van der Waals surface area contributed by atoms with Crippen LogP contribution in [0.4, 0.5) is 5.13 Å². The van der Waals surface area contributed by atoms with Crippen molar-refractivity contribution in [2.75, 3.05) is 5.73 Å². The first-order valence-corrected chi connectivity index (χ1v) is 6.99. The van der Waals surface area contributed by atoms with E-state index in [1.165, 1.54) is 11.3 Å².